The van der Waals surface area contributed by atoms with Gasteiger partial charge in [-0.1, -0.05) is 24.3 Å². The van der Waals surface area contributed by atoms with Crippen molar-refractivity contribution in [2.24, 2.45) is 5.73 Å². The molecule has 0 unspecified atom stereocenters. The Morgan fingerprint density at radius 2 is 1.74 bits per heavy atom. The summed E-state index contributed by atoms with van der Waals surface area (Å²) in [6, 6.07) is 11.5. The lowest BCUT2D eigenvalue weighted by Crippen LogP contribution is -2.07. The average Bonchev–Trinajstić information content (AvgIpc) is 2.41. The third-order valence-corrected chi connectivity index (χ3v) is 2.77. The van der Waals surface area contributed by atoms with Gasteiger partial charge in [0.25, 0.3) is 0 Å². The molecule has 0 aliphatic carbocycles. The molecule has 0 bridgehead atoms. The van der Waals surface area contributed by atoms with E-state index in [0.29, 0.717) is 17.1 Å². The molecule has 0 spiro atoms. The van der Waals surface area contributed by atoms with Gasteiger partial charge in [-0.15, -0.1) is 0 Å². The zero-order chi connectivity index (χ0) is 13.8. The molecule has 1 atom stereocenters. The summed E-state index contributed by atoms with van der Waals surface area (Å²) < 4.78 is 24.7. The average molecular weight is 261 g/mol. The monoisotopic (exact) mass is 261 g/mol. The van der Waals surface area contributed by atoms with Crippen molar-refractivity contribution in [3.8, 4) is 17.2 Å². The summed E-state index contributed by atoms with van der Waals surface area (Å²) >= 11 is 0. The summed E-state index contributed by atoms with van der Waals surface area (Å²) in [5.41, 5.74) is 6.45. The molecule has 3 nitrogen and oxygen atoms in total. The zero-order valence-corrected chi connectivity index (χ0v) is 10.9. The molecule has 0 fully saturated rings. The van der Waals surface area contributed by atoms with E-state index in [9.17, 15) is 4.39 Å². The summed E-state index contributed by atoms with van der Waals surface area (Å²) in [5, 5.41) is 0. The lowest BCUT2D eigenvalue weighted by atomic mass is 10.1. The van der Waals surface area contributed by atoms with E-state index in [1.54, 1.807) is 37.3 Å². The lowest BCUT2D eigenvalue weighted by molar-refractivity contribution is 0.368. The van der Waals surface area contributed by atoms with E-state index in [1.807, 2.05) is 6.07 Å². The summed E-state index contributed by atoms with van der Waals surface area (Å²) in [7, 11) is 1.54. The van der Waals surface area contributed by atoms with Crippen LogP contribution in [0.25, 0.3) is 0 Å². The van der Waals surface area contributed by atoms with E-state index in [1.165, 1.54) is 13.2 Å². The topological polar surface area (TPSA) is 44.5 Å². The molecule has 0 aromatic heterocycles. The molecule has 0 radical (unpaired) electrons. The second kappa shape index (κ2) is 5.71. The van der Waals surface area contributed by atoms with Gasteiger partial charge in [-0.3, -0.25) is 0 Å². The Labute approximate surface area is 111 Å². The highest BCUT2D eigenvalue weighted by molar-refractivity contribution is 5.46. The van der Waals surface area contributed by atoms with E-state index >= 15 is 0 Å². The minimum atomic E-state index is -0.444. The molecule has 0 heterocycles. The first-order chi connectivity index (χ1) is 9.13. The number of ether oxygens (including phenoxy) is 2. The number of halogens is 1. The molecule has 4 heteroatoms. The van der Waals surface area contributed by atoms with E-state index in [2.05, 4.69) is 0 Å². The van der Waals surface area contributed by atoms with Crippen molar-refractivity contribution in [1.82, 2.24) is 0 Å². The summed E-state index contributed by atoms with van der Waals surface area (Å²) in [6.45, 7) is 1.78. The minimum Gasteiger partial charge on any atom is -0.493 e. The molecule has 0 saturated carbocycles. The third-order valence-electron chi connectivity index (χ3n) is 2.77. The SMILES string of the molecule is COc1ccccc1Oc1c(F)cccc1[C@@H](C)N. The second-order valence-corrected chi connectivity index (χ2v) is 4.20. The summed E-state index contributed by atoms with van der Waals surface area (Å²) in [6.07, 6.45) is 0. The van der Waals surface area contributed by atoms with Crippen LogP contribution < -0.4 is 15.2 Å². The maximum Gasteiger partial charge on any atom is 0.169 e. The van der Waals surface area contributed by atoms with E-state index in [4.69, 9.17) is 15.2 Å². The van der Waals surface area contributed by atoms with E-state index < -0.39 is 5.82 Å². The lowest BCUT2D eigenvalue weighted by Gasteiger charge is -2.15. The Bertz CT molecular complexity index is 570. The molecule has 0 saturated heterocycles. The Kier molecular flexibility index (Phi) is 4.02. The number of hydrogen-bond acceptors (Lipinski definition) is 3. The largest absolute Gasteiger partial charge is 0.493 e. The third kappa shape index (κ3) is 2.85. The molecule has 0 aliphatic rings. The van der Waals surface area contributed by atoms with Crippen molar-refractivity contribution in [1.29, 1.82) is 0 Å². The molecule has 0 aliphatic heterocycles. The standard InChI is InChI=1S/C15H16FNO2/c1-10(17)11-6-5-7-12(16)15(11)19-14-9-4-3-8-13(14)18-2/h3-10H,17H2,1-2H3/t10-/m1/s1. The Hall–Kier alpha value is -2.07. The molecule has 2 N–H and O–H groups in total. The molecule has 2 rings (SSSR count). The number of benzene rings is 2. The number of nitrogens with two attached hydrogens (primary N) is 1. The van der Waals surface area contributed by atoms with Crippen LogP contribution in [0, 0.1) is 5.82 Å². The minimum absolute atomic E-state index is 0.141. The molecule has 0 amide bonds. The molecule has 2 aromatic rings. The van der Waals surface area contributed by atoms with Crippen LogP contribution in [0.5, 0.6) is 17.2 Å². The number of methoxy groups -OCH3 is 1. The molecule has 2 aromatic carbocycles. The predicted octanol–water partition coefficient (Wildman–Crippen LogP) is 3.65. The summed E-state index contributed by atoms with van der Waals surface area (Å²) in [4.78, 5) is 0. The van der Waals surface area contributed by atoms with Crippen LogP contribution in [0.1, 0.15) is 18.5 Å². The van der Waals surface area contributed by atoms with Crippen LogP contribution in [0.3, 0.4) is 0 Å². The summed E-state index contributed by atoms with van der Waals surface area (Å²) in [5.74, 6) is 0.695. The maximum atomic E-state index is 13.9. The molecule has 100 valence electrons. The predicted molar refractivity (Wildman–Crippen MR) is 72.1 cm³/mol. The Morgan fingerprint density at radius 1 is 1.05 bits per heavy atom. The van der Waals surface area contributed by atoms with Crippen molar-refractivity contribution in [3.05, 3.63) is 53.8 Å². The van der Waals surface area contributed by atoms with Gasteiger partial charge in [0.15, 0.2) is 23.1 Å². The number of para-hydroxylation sites is 3. The highest BCUT2D eigenvalue weighted by Crippen LogP contribution is 2.35. The van der Waals surface area contributed by atoms with Crippen molar-refractivity contribution in [2.45, 2.75) is 13.0 Å². The first-order valence-electron chi connectivity index (χ1n) is 5.98. The second-order valence-electron chi connectivity index (χ2n) is 4.20. The van der Waals surface area contributed by atoms with Crippen LogP contribution >= 0.6 is 0 Å². The van der Waals surface area contributed by atoms with Crippen LogP contribution in [0.4, 0.5) is 4.39 Å². The fourth-order valence-corrected chi connectivity index (χ4v) is 1.80. The van der Waals surface area contributed by atoms with Crippen LogP contribution in [-0.4, -0.2) is 7.11 Å². The van der Waals surface area contributed by atoms with Gasteiger partial charge >= 0.3 is 0 Å². The number of rotatable bonds is 4. The van der Waals surface area contributed by atoms with Crippen LogP contribution in [0.15, 0.2) is 42.5 Å². The van der Waals surface area contributed by atoms with Crippen LogP contribution in [-0.2, 0) is 0 Å². The highest BCUT2D eigenvalue weighted by Gasteiger charge is 2.15. The molecule has 19 heavy (non-hydrogen) atoms. The Morgan fingerprint density at radius 3 is 2.37 bits per heavy atom. The first-order valence-corrected chi connectivity index (χ1v) is 5.98. The highest BCUT2D eigenvalue weighted by atomic mass is 19.1. The maximum absolute atomic E-state index is 13.9. The van der Waals surface area contributed by atoms with Gasteiger partial charge in [0.05, 0.1) is 7.11 Å². The Balaban J connectivity index is 2.43. The van der Waals surface area contributed by atoms with Crippen molar-refractivity contribution >= 4 is 0 Å². The normalized spacial score (nSPS) is 12.0. The fraction of sp³-hybridized carbons (Fsp3) is 0.200. The van der Waals surface area contributed by atoms with Crippen molar-refractivity contribution < 1.29 is 13.9 Å². The molecular formula is C15H16FNO2. The van der Waals surface area contributed by atoms with Gasteiger partial charge in [0.2, 0.25) is 0 Å². The van der Waals surface area contributed by atoms with Crippen molar-refractivity contribution in [3.63, 3.8) is 0 Å². The van der Waals surface area contributed by atoms with Crippen molar-refractivity contribution in [2.75, 3.05) is 7.11 Å². The van der Waals surface area contributed by atoms with Gasteiger partial charge in [0, 0.05) is 11.6 Å². The van der Waals surface area contributed by atoms with Gasteiger partial charge in [0.1, 0.15) is 0 Å². The fourth-order valence-electron chi connectivity index (χ4n) is 1.80. The smallest absolute Gasteiger partial charge is 0.169 e. The molecular weight excluding hydrogens is 245 g/mol. The van der Waals surface area contributed by atoms with Gasteiger partial charge in [-0.25, -0.2) is 4.39 Å². The van der Waals surface area contributed by atoms with E-state index in [0.717, 1.165) is 0 Å². The van der Waals surface area contributed by atoms with E-state index in [-0.39, 0.29) is 11.8 Å². The number of hydrogen-bond donors (Lipinski definition) is 1. The van der Waals surface area contributed by atoms with Gasteiger partial charge in [-0.2, -0.15) is 0 Å². The zero-order valence-electron chi connectivity index (χ0n) is 10.9. The van der Waals surface area contributed by atoms with Gasteiger partial charge in [-0.05, 0) is 25.1 Å². The quantitative estimate of drug-likeness (QED) is 0.913. The van der Waals surface area contributed by atoms with Gasteiger partial charge < -0.3 is 15.2 Å². The van der Waals surface area contributed by atoms with Crippen LogP contribution in [0.2, 0.25) is 0 Å². The first kappa shape index (κ1) is 13.4.